The summed E-state index contributed by atoms with van der Waals surface area (Å²) in [7, 11) is 1.21. The zero-order valence-electron chi connectivity index (χ0n) is 27.3. The SMILES string of the molecule is COc1ccc(F)c(F)c1C(=O)N1CCNC(=O)Cn2nc(-c3ccccc3)nc2[C@H](C)NC(=O)[C@@H](CC(C)C)NC(=O)c2cc(on2)C1. The highest BCUT2D eigenvalue weighted by Crippen LogP contribution is 2.26. The molecule has 16 heteroatoms. The van der Waals surface area contributed by atoms with Crippen molar-refractivity contribution in [1.82, 2.24) is 40.8 Å². The van der Waals surface area contributed by atoms with Crippen molar-refractivity contribution < 1.29 is 37.2 Å². The predicted molar refractivity (Wildman–Crippen MR) is 170 cm³/mol. The van der Waals surface area contributed by atoms with E-state index in [0.29, 0.717) is 11.4 Å². The summed E-state index contributed by atoms with van der Waals surface area (Å²) in [5.41, 5.74) is -0.149. The largest absolute Gasteiger partial charge is 0.496 e. The summed E-state index contributed by atoms with van der Waals surface area (Å²) in [6.45, 7) is 4.53. The van der Waals surface area contributed by atoms with Crippen molar-refractivity contribution in [2.45, 2.75) is 52.4 Å². The number of aromatic nitrogens is 4. The van der Waals surface area contributed by atoms with E-state index in [-0.39, 0.29) is 61.5 Å². The number of benzene rings is 2. The molecule has 5 rings (SSSR count). The van der Waals surface area contributed by atoms with Crippen LogP contribution < -0.4 is 20.7 Å². The van der Waals surface area contributed by atoms with Crippen LogP contribution in [0.5, 0.6) is 5.75 Å². The number of hydrogen-bond donors (Lipinski definition) is 3. The number of ether oxygens (including phenoxy) is 1. The monoisotopic (exact) mass is 678 g/mol. The lowest BCUT2D eigenvalue weighted by Crippen LogP contribution is -2.48. The van der Waals surface area contributed by atoms with Crippen LogP contribution in [-0.2, 0) is 22.7 Å². The van der Waals surface area contributed by atoms with E-state index >= 15 is 0 Å². The van der Waals surface area contributed by atoms with Crippen LogP contribution in [0.15, 0.2) is 53.1 Å². The number of methoxy groups -OCH3 is 1. The van der Waals surface area contributed by atoms with Gasteiger partial charge in [-0.3, -0.25) is 19.2 Å². The molecule has 1 aliphatic rings. The van der Waals surface area contributed by atoms with Crippen molar-refractivity contribution >= 4 is 23.6 Å². The van der Waals surface area contributed by atoms with E-state index < -0.39 is 52.9 Å². The Morgan fingerprint density at radius 3 is 2.55 bits per heavy atom. The van der Waals surface area contributed by atoms with Gasteiger partial charge in [-0.1, -0.05) is 49.3 Å². The Morgan fingerprint density at radius 2 is 1.84 bits per heavy atom. The fraction of sp³-hybridized carbons (Fsp3) is 0.364. The minimum atomic E-state index is -1.41. The molecule has 49 heavy (non-hydrogen) atoms. The third-order valence-corrected chi connectivity index (χ3v) is 7.72. The highest BCUT2D eigenvalue weighted by molar-refractivity contribution is 5.98. The van der Waals surface area contributed by atoms with E-state index in [4.69, 9.17) is 9.26 Å². The highest BCUT2D eigenvalue weighted by Gasteiger charge is 2.30. The van der Waals surface area contributed by atoms with Crippen molar-refractivity contribution in [3.8, 4) is 17.1 Å². The van der Waals surface area contributed by atoms with Crippen molar-refractivity contribution in [3.63, 3.8) is 0 Å². The third-order valence-electron chi connectivity index (χ3n) is 7.72. The summed E-state index contributed by atoms with van der Waals surface area (Å²) >= 11 is 0. The number of amides is 4. The van der Waals surface area contributed by atoms with Gasteiger partial charge in [0.15, 0.2) is 28.9 Å². The minimum Gasteiger partial charge on any atom is -0.496 e. The maximum Gasteiger partial charge on any atom is 0.274 e. The molecule has 3 N–H and O–H groups in total. The van der Waals surface area contributed by atoms with Crippen molar-refractivity contribution in [3.05, 3.63) is 83.0 Å². The van der Waals surface area contributed by atoms with E-state index in [1.807, 2.05) is 32.0 Å². The molecule has 4 aromatic rings. The van der Waals surface area contributed by atoms with Gasteiger partial charge in [0.05, 0.1) is 19.7 Å². The molecule has 0 saturated heterocycles. The molecule has 14 nitrogen and oxygen atoms in total. The maximum atomic E-state index is 15.0. The number of carbonyl (C=O) groups excluding carboxylic acids is 4. The fourth-order valence-corrected chi connectivity index (χ4v) is 5.33. The lowest BCUT2D eigenvalue weighted by atomic mass is 10.0. The quantitative estimate of drug-likeness (QED) is 0.287. The van der Waals surface area contributed by atoms with Gasteiger partial charge in [0.1, 0.15) is 29.7 Å². The number of halogens is 2. The number of rotatable bonds is 5. The Hall–Kier alpha value is -5.67. The first-order valence-electron chi connectivity index (χ1n) is 15.6. The molecule has 1 aliphatic heterocycles. The average molecular weight is 679 g/mol. The Bertz CT molecular complexity index is 1840. The first kappa shape index (κ1) is 34.7. The zero-order valence-corrected chi connectivity index (χ0v) is 27.3. The summed E-state index contributed by atoms with van der Waals surface area (Å²) in [5.74, 6) is -4.91. The third kappa shape index (κ3) is 8.08. The van der Waals surface area contributed by atoms with Gasteiger partial charge in [-0.15, -0.1) is 0 Å². The molecule has 3 heterocycles. The second-order valence-corrected chi connectivity index (χ2v) is 11.9. The number of carbonyl (C=O) groups is 4. The van der Waals surface area contributed by atoms with Crippen LogP contribution in [0.3, 0.4) is 0 Å². The molecular weight excluding hydrogens is 642 g/mol. The number of fused-ring (bicyclic) bond motifs is 3. The first-order valence-corrected chi connectivity index (χ1v) is 15.6. The molecule has 0 radical (unpaired) electrons. The van der Waals surface area contributed by atoms with E-state index in [2.05, 4.69) is 31.2 Å². The highest BCUT2D eigenvalue weighted by atomic mass is 19.2. The molecule has 0 fully saturated rings. The van der Waals surface area contributed by atoms with Gasteiger partial charge in [-0.05, 0) is 31.4 Å². The lowest BCUT2D eigenvalue weighted by Gasteiger charge is -2.23. The van der Waals surface area contributed by atoms with Gasteiger partial charge in [-0.25, -0.2) is 18.4 Å². The summed E-state index contributed by atoms with van der Waals surface area (Å²) < 4.78 is 41.0. The first-order chi connectivity index (χ1) is 23.4. The Labute approximate surface area is 280 Å². The molecular formula is C33H36F2N8O6. The molecule has 0 aliphatic carbocycles. The smallest absolute Gasteiger partial charge is 0.274 e. The molecule has 0 spiro atoms. The Kier molecular flexibility index (Phi) is 10.6. The molecule has 2 aromatic carbocycles. The van der Waals surface area contributed by atoms with Crippen LogP contribution in [0.4, 0.5) is 8.78 Å². The van der Waals surface area contributed by atoms with Gasteiger partial charge in [0.25, 0.3) is 11.8 Å². The van der Waals surface area contributed by atoms with Crippen LogP contribution in [0.25, 0.3) is 11.4 Å². The molecule has 4 amide bonds. The second-order valence-electron chi connectivity index (χ2n) is 11.9. The molecule has 2 bridgehead atoms. The van der Waals surface area contributed by atoms with Crippen molar-refractivity contribution in [2.24, 2.45) is 5.92 Å². The summed E-state index contributed by atoms with van der Waals surface area (Å²) in [6, 6.07) is 10.6. The number of nitrogens with one attached hydrogen (secondary N) is 3. The van der Waals surface area contributed by atoms with E-state index in [9.17, 15) is 28.0 Å². The van der Waals surface area contributed by atoms with Crippen LogP contribution >= 0.6 is 0 Å². The Balaban J connectivity index is 1.51. The fourth-order valence-electron chi connectivity index (χ4n) is 5.33. The van der Waals surface area contributed by atoms with Crippen LogP contribution in [0.1, 0.15) is 65.7 Å². The van der Waals surface area contributed by atoms with Gasteiger partial charge in [0, 0.05) is 24.7 Å². The van der Waals surface area contributed by atoms with Gasteiger partial charge < -0.3 is 30.1 Å². The van der Waals surface area contributed by atoms with Crippen LogP contribution in [0, 0.1) is 17.6 Å². The molecule has 0 unspecified atom stereocenters. The minimum absolute atomic E-state index is 0.00824. The van der Waals surface area contributed by atoms with Crippen molar-refractivity contribution in [2.75, 3.05) is 20.2 Å². The summed E-state index contributed by atoms with van der Waals surface area (Å²) in [4.78, 5) is 59.4. The van der Waals surface area contributed by atoms with E-state index in [1.54, 1.807) is 19.1 Å². The average Bonchev–Trinajstić information content (AvgIpc) is 3.72. The second kappa shape index (κ2) is 15.0. The topological polar surface area (TPSA) is 174 Å². The predicted octanol–water partition coefficient (Wildman–Crippen LogP) is 3.01. The lowest BCUT2D eigenvalue weighted by molar-refractivity contribution is -0.124. The molecule has 2 aromatic heterocycles. The standard InChI is InChI=1S/C33H36F2N8O6/c1-18(2)14-23-31(45)37-19(3)30-39-29(20-8-6-5-7-9-20)40-43(30)17-26(44)36-12-13-42(16-21-15-24(41-49-21)32(46)38-23)33(47)27-25(48-4)11-10-22(34)28(27)35/h5-11,15,18-19,23H,12-14,16-17H2,1-4H3,(H,36,44)(H,37,45)(H,38,46)/t19-,23+/m0/s1. The number of nitrogens with zero attached hydrogens (tertiary/aromatic N) is 5. The van der Waals surface area contributed by atoms with Gasteiger partial charge >= 0.3 is 0 Å². The zero-order chi connectivity index (χ0) is 35.2. The van der Waals surface area contributed by atoms with Crippen LogP contribution in [0.2, 0.25) is 0 Å². The summed E-state index contributed by atoms with van der Waals surface area (Å²) in [6.07, 6.45) is 0.280. The van der Waals surface area contributed by atoms with Gasteiger partial charge in [0.2, 0.25) is 11.8 Å². The normalized spacial score (nSPS) is 17.8. The maximum absolute atomic E-state index is 15.0. The molecule has 258 valence electrons. The molecule has 2 atom stereocenters. The van der Waals surface area contributed by atoms with E-state index in [1.165, 1.54) is 17.9 Å². The molecule has 0 saturated carbocycles. The van der Waals surface area contributed by atoms with Gasteiger partial charge in [-0.2, -0.15) is 5.10 Å². The van der Waals surface area contributed by atoms with E-state index in [0.717, 1.165) is 17.0 Å². The van der Waals surface area contributed by atoms with Crippen molar-refractivity contribution in [1.29, 1.82) is 0 Å². The summed E-state index contributed by atoms with van der Waals surface area (Å²) in [5, 5.41) is 16.6. The number of hydrogen-bond acceptors (Lipinski definition) is 9. The Morgan fingerprint density at radius 1 is 1.08 bits per heavy atom. The van der Waals surface area contributed by atoms with Crippen LogP contribution in [-0.4, -0.2) is 74.7 Å².